The van der Waals surface area contributed by atoms with Crippen molar-refractivity contribution < 1.29 is 4.79 Å². The number of ketones is 1. The Morgan fingerprint density at radius 3 is 2.72 bits per heavy atom. The van der Waals surface area contributed by atoms with Crippen molar-refractivity contribution in [3.8, 4) is 0 Å². The zero-order valence-corrected chi connectivity index (χ0v) is 11.3. The van der Waals surface area contributed by atoms with E-state index < -0.39 is 0 Å². The first-order valence-corrected chi connectivity index (χ1v) is 6.73. The quantitative estimate of drug-likeness (QED) is 0.625. The fourth-order valence-corrected chi connectivity index (χ4v) is 2.30. The number of rotatable bonds is 2. The van der Waals surface area contributed by atoms with Crippen molar-refractivity contribution in [2.75, 3.05) is 5.32 Å². The highest BCUT2D eigenvalue weighted by Gasteiger charge is 2.13. The van der Waals surface area contributed by atoms with Gasteiger partial charge in [-0.05, 0) is 50.3 Å². The van der Waals surface area contributed by atoms with E-state index in [2.05, 4.69) is 31.3 Å². The molecule has 0 atom stereocenters. The molecule has 96 valence electrons. The highest BCUT2D eigenvalue weighted by Crippen LogP contribution is 2.21. The molecule has 1 aromatic rings. The Labute approximate surface area is 109 Å². The van der Waals surface area contributed by atoms with Crippen LogP contribution in [0.1, 0.15) is 43.2 Å². The van der Waals surface area contributed by atoms with E-state index in [4.69, 9.17) is 0 Å². The standard InChI is InChI=1S/C16H21NO/c1-12-7-6-9-15(13(12)2)17-11-14-8-4-3-5-10-16(14)18/h6-7,9,11,17H,3-5,8,10H2,1-2H3. The molecule has 0 aromatic heterocycles. The van der Waals surface area contributed by atoms with Crippen LogP contribution in [0.4, 0.5) is 5.69 Å². The summed E-state index contributed by atoms with van der Waals surface area (Å²) >= 11 is 0. The molecular formula is C16H21NO. The van der Waals surface area contributed by atoms with Gasteiger partial charge in [-0.3, -0.25) is 4.79 Å². The summed E-state index contributed by atoms with van der Waals surface area (Å²) in [6, 6.07) is 6.20. The molecule has 1 saturated carbocycles. The van der Waals surface area contributed by atoms with Gasteiger partial charge >= 0.3 is 0 Å². The minimum absolute atomic E-state index is 0.310. The second-order valence-corrected chi connectivity index (χ2v) is 5.05. The highest BCUT2D eigenvalue weighted by molar-refractivity contribution is 5.95. The molecule has 0 heterocycles. The third-order valence-electron chi connectivity index (χ3n) is 3.71. The number of nitrogens with one attached hydrogen (secondary N) is 1. The SMILES string of the molecule is Cc1cccc(NC=C2CCCCCC2=O)c1C. The lowest BCUT2D eigenvalue weighted by atomic mass is 10.1. The van der Waals surface area contributed by atoms with Crippen molar-refractivity contribution in [3.05, 3.63) is 41.1 Å². The predicted molar refractivity (Wildman–Crippen MR) is 75.7 cm³/mol. The maximum Gasteiger partial charge on any atom is 0.160 e. The Kier molecular flexibility index (Phi) is 4.19. The first kappa shape index (κ1) is 12.9. The van der Waals surface area contributed by atoms with Gasteiger partial charge in [0.15, 0.2) is 5.78 Å². The van der Waals surface area contributed by atoms with Gasteiger partial charge in [-0.2, -0.15) is 0 Å². The molecule has 1 N–H and O–H groups in total. The molecule has 1 aliphatic carbocycles. The number of hydrogen-bond acceptors (Lipinski definition) is 2. The maximum atomic E-state index is 11.9. The second kappa shape index (κ2) is 5.85. The van der Waals surface area contributed by atoms with Gasteiger partial charge in [0.05, 0.1) is 0 Å². The lowest BCUT2D eigenvalue weighted by molar-refractivity contribution is -0.115. The van der Waals surface area contributed by atoms with Gasteiger partial charge in [-0.25, -0.2) is 0 Å². The van der Waals surface area contributed by atoms with Crippen molar-refractivity contribution in [2.45, 2.75) is 46.0 Å². The fraction of sp³-hybridized carbons (Fsp3) is 0.438. The van der Waals surface area contributed by atoms with Crippen LogP contribution in [0.25, 0.3) is 0 Å². The maximum absolute atomic E-state index is 11.9. The van der Waals surface area contributed by atoms with Crippen molar-refractivity contribution in [1.29, 1.82) is 0 Å². The van der Waals surface area contributed by atoms with Gasteiger partial charge in [-0.1, -0.05) is 18.6 Å². The molecule has 18 heavy (non-hydrogen) atoms. The van der Waals surface area contributed by atoms with Crippen molar-refractivity contribution in [2.24, 2.45) is 0 Å². The molecule has 0 amide bonds. The van der Waals surface area contributed by atoms with Crippen LogP contribution < -0.4 is 5.32 Å². The molecular weight excluding hydrogens is 222 g/mol. The normalized spacial score (nSPS) is 18.8. The molecule has 2 nitrogen and oxygen atoms in total. The summed E-state index contributed by atoms with van der Waals surface area (Å²) in [6.45, 7) is 4.20. The molecule has 0 aliphatic heterocycles. The van der Waals surface area contributed by atoms with Crippen LogP contribution in [0.15, 0.2) is 30.0 Å². The minimum Gasteiger partial charge on any atom is -0.361 e. The molecule has 2 rings (SSSR count). The topological polar surface area (TPSA) is 29.1 Å². The van der Waals surface area contributed by atoms with Crippen LogP contribution in [0.2, 0.25) is 0 Å². The third-order valence-corrected chi connectivity index (χ3v) is 3.71. The van der Waals surface area contributed by atoms with Crippen molar-refractivity contribution in [1.82, 2.24) is 0 Å². The number of hydrogen-bond donors (Lipinski definition) is 1. The summed E-state index contributed by atoms with van der Waals surface area (Å²) in [5.41, 5.74) is 4.56. The van der Waals surface area contributed by atoms with Gasteiger partial charge in [0.25, 0.3) is 0 Å². The van der Waals surface area contributed by atoms with Crippen molar-refractivity contribution >= 4 is 11.5 Å². The molecule has 1 fully saturated rings. The van der Waals surface area contributed by atoms with Crippen LogP contribution in [0.3, 0.4) is 0 Å². The number of anilines is 1. The molecule has 0 saturated heterocycles. The Balaban J connectivity index is 2.13. The monoisotopic (exact) mass is 243 g/mol. The lowest BCUT2D eigenvalue weighted by Crippen LogP contribution is -2.03. The van der Waals surface area contributed by atoms with Crippen LogP contribution in [-0.2, 0) is 4.79 Å². The van der Waals surface area contributed by atoms with E-state index in [1.165, 1.54) is 17.5 Å². The number of benzene rings is 1. The Bertz CT molecular complexity index is 474. The first-order chi connectivity index (χ1) is 8.68. The van der Waals surface area contributed by atoms with Crippen LogP contribution >= 0.6 is 0 Å². The van der Waals surface area contributed by atoms with Gasteiger partial charge in [0, 0.05) is 23.9 Å². The molecule has 0 spiro atoms. The summed E-state index contributed by atoms with van der Waals surface area (Å²) in [4.78, 5) is 11.9. The predicted octanol–water partition coefficient (Wildman–Crippen LogP) is 4.13. The highest BCUT2D eigenvalue weighted by atomic mass is 16.1. The van der Waals surface area contributed by atoms with Crippen LogP contribution in [0.5, 0.6) is 0 Å². The number of aryl methyl sites for hydroxylation is 1. The van der Waals surface area contributed by atoms with Gasteiger partial charge in [0.1, 0.15) is 0 Å². The third kappa shape index (κ3) is 3.00. The lowest BCUT2D eigenvalue weighted by Gasteiger charge is -2.09. The van der Waals surface area contributed by atoms with E-state index in [1.54, 1.807) is 0 Å². The molecule has 0 bridgehead atoms. The zero-order chi connectivity index (χ0) is 13.0. The summed E-state index contributed by atoms with van der Waals surface area (Å²) in [5, 5.41) is 3.30. The number of carbonyl (C=O) groups excluding carboxylic acids is 1. The molecule has 1 aromatic carbocycles. The summed E-state index contributed by atoms with van der Waals surface area (Å²) in [5.74, 6) is 0.310. The van der Waals surface area contributed by atoms with Crippen LogP contribution in [0, 0.1) is 13.8 Å². The van der Waals surface area contributed by atoms with Gasteiger partial charge in [-0.15, -0.1) is 0 Å². The smallest absolute Gasteiger partial charge is 0.160 e. The van der Waals surface area contributed by atoms with Crippen molar-refractivity contribution in [3.63, 3.8) is 0 Å². The van der Waals surface area contributed by atoms with E-state index in [1.807, 2.05) is 12.3 Å². The van der Waals surface area contributed by atoms with E-state index in [0.717, 1.165) is 30.5 Å². The largest absolute Gasteiger partial charge is 0.361 e. The van der Waals surface area contributed by atoms with Gasteiger partial charge in [0.2, 0.25) is 0 Å². The minimum atomic E-state index is 0.310. The summed E-state index contributed by atoms with van der Waals surface area (Å²) in [7, 11) is 0. The summed E-state index contributed by atoms with van der Waals surface area (Å²) < 4.78 is 0. The average molecular weight is 243 g/mol. The number of carbonyl (C=O) groups is 1. The van der Waals surface area contributed by atoms with Crippen LogP contribution in [-0.4, -0.2) is 5.78 Å². The Hall–Kier alpha value is -1.57. The Morgan fingerprint density at radius 2 is 1.89 bits per heavy atom. The van der Waals surface area contributed by atoms with E-state index in [-0.39, 0.29) is 0 Å². The van der Waals surface area contributed by atoms with E-state index in [0.29, 0.717) is 12.2 Å². The molecule has 0 unspecified atom stereocenters. The average Bonchev–Trinajstić information content (AvgIpc) is 2.56. The number of Topliss-reactive ketones (excluding diaryl/α,β-unsaturated/α-hetero) is 1. The van der Waals surface area contributed by atoms with E-state index in [9.17, 15) is 4.79 Å². The molecule has 2 heteroatoms. The summed E-state index contributed by atoms with van der Waals surface area (Å²) in [6.07, 6.45) is 6.88. The second-order valence-electron chi connectivity index (χ2n) is 5.05. The molecule has 0 radical (unpaired) electrons. The first-order valence-electron chi connectivity index (χ1n) is 6.73. The van der Waals surface area contributed by atoms with Gasteiger partial charge < -0.3 is 5.32 Å². The zero-order valence-electron chi connectivity index (χ0n) is 11.3. The fourth-order valence-electron chi connectivity index (χ4n) is 2.30. The Morgan fingerprint density at radius 1 is 1.11 bits per heavy atom. The number of allylic oxidation sites excluding steroid dienone is 1. The van der Waals surface area contributed by atoms with E-state index >= 15 is 0 Å². The molecule has 1 aliphatic rings.